The van der Waals surface area contributed by atoms with Gasteiger partial charge in [0.05, 0.1) is 11.6 Å². The Hall–Kier alpha value is -1.39. The van der Waals surface area contributed by atoms with Gasteiger partial charge in [0.15, 0.2) is 6.10 Å². The Balaban J connectivity index is 1.93. The number of aliphatic hydroxyl groups excluding tert-OH is 1. The van der Waals surface area contributed by atoms with E-state index in [4.69, 9.17) is 10.6 Å². The zero-order valence-electron chi connectivity index (χ0n) is 9.49. The summed E-state index contributed by atoms with van der Waals surface area (Å²) in [6.07, 6.45) is 0.736. The summed E-state index contributed by atoms with van der Waals surface area (Å²) in [5.74, 6) is 0.300. The van der Waals surface area contributed by atoms with Crippen molar-refractivity contribution in [2.45, 2.75) is 18.6 Å². The van der Waals surface area contributed by atoms with Gasteiger partial charge < -0.3 is 15.7 Å². The van der Waals surface area contributed by atoms with E-state index in [2.05, 4.69) is 5.16 Å². The Kier molecular flexibility index (Phi) is 2.61. The van der Waals surface area contributed by atoms with E-state index in [0.717, 1.165) is 17.7 Å². The quantitative estimate of drug-likeness (QED) is 0.790. The molecule has 1 saturated carbocycles. The molecule has 17 heavy (non-hydrogen) atoms. The Bertz CT molecular complexity index is 432. The minimum Gasteiger partial charge on any atom is -0.396 e. The Morgan fingerprint density at radius 1 is 1.35 bits per heavy atom. The molecule has 0 spiro atoms. The topological polar surface area (TPSA) is 67.8 Å². The van der Waals surface area contributed by atoms with Gasteiger partial charge in [-0.15, -0.1) is 0 Å². The lowest BCUT2D eigenvalue weighted by molar-refractivity contribution is 0.0576. The molecule has 0 radical (unpaired) electrons. The first kappa shape index (κ1) is 10.7. The standard InChI is InChI=1S/C13H16N2O2/c14-10-6-9(7-16)11-12(15-17-13(10)11)8-4-2-1-3-5-8/h1-5,9-11,13,16H,6-7,14H2/t9-,10-,11?,13?/m1/s1. The van der Waals surface area contributed by atoms with Gasteiger partial charge in [-0.1, -0.05) is 35.5 Å². The lowest BCUT2D eigenvalue weighted by Crippen LogP contribution is -2.33. The first-order valence-corrected chi connectivity index (χ1v) is 5.97. The number of oxime groups is 1. The maximum Gasteiger partial charge on any atom is 0.151 e. The Morgan fingerprint density at radius 3 is 2.82 bits per heavy atom. The van der Waals surface area contributed by atoms with Gasteiger partial charge in [0.1, 0.15) is 0 Å². The van der Waals surface area contributed by atoms with Crippen LogP contribution in [0.5, 0.6) is 0 Å². The molecule has 1 aromatic rings. The van der Waals surface area contributed by atoms with E-state index in [0.29, 0.717) is 0 Å². The predicted octanol–water partition coefficient (Wildman–Crippen LogP) is 0.745. The molecule has 1 aromatic carbocycles. The highest BCUT2D eigenvalue weighted by Gasteiger charge is 2.49. The number of benzene rings is 1. The molecular formula is C13H16N2O2. The van der Waals surface area contributed by atoms with E-state index in [9.17, 15) is 5.11 Å². The second-order valence-corrected chi connectivity index (χ2v) is 4.78. The Morgan fingerprint density at radius 2 is 2.12 bits per heavy atom. The summed E-state index contributed by atoms with van der Waals surface area (Å²) in [4.78, 5) is 5.44. The number of fused-ring (bicyclic) bond motifs is 1. The molecule has 4 atom stereocenters. The fourth-order valence-electron chi connectivity index (χ4n) is 2.91. The third-order valence-corrected chi connectivity index (χ3v) is 3.75. The monoisotopic (exact) mass is 232 g/mol. The minimum absolute atomic E-state index is 0.0258. The van der Waals surface area contributed by atoms with Crippen molar-refractivity contribution in [2.75, 3.05) is 6.61 Å². The molecule has 1 fully saturated rings. The van der Waals surface area contributed by atoms with Crippen LogP contribution in [0.3, 0.4) is 0 Å². The summed E-state index contributed by atoms with van der Waals surface area (Å²) in [7, 11) is 0. The lowest BCUT2D eigenvalue weighted by atomic mass is 9.87. The van der Waals surface area contributed by atoms with Gasteiger partial charge in [-0.2, -0.15) is 0 Å². The van der Waals surface area contributed by atoms with Crippen molar-refractivity contribution in [3.63, 3.8) is 0 Å². The van der Waals surface area contributed by atoms with Gasteiger partial charge in [-0.25, -0.2) is 0 Å². The molecule has 2 unspecified atom stereocenters. The number of hydrogen-bond acceptors (Lipinski definition) is 4. The van der Waals surface area contributed by atoms with Crippen LogP contribution in [0, 0.1) is 11.8 Å². The maximum absolute atomic E-state index is 9.43. The van der Waals surface area contributed by atoms with Crippen molar-refractivity contribution in [3.05, 3.63) is 35.9 Å². The molecule has 0 bridgehead atoms. The van der Waals surface area contributed by atoms with Crippen molar-refractivity contribution >= 4 is 5.71 Å². The molecule has 4 nitrogen and oxygen atoms in total. The van der Waals surface area contributed by atoms with Crippen LogP contribution in [-0.4, -0.2) is 29.6 Å². The number of nitrogens with two attached hydrogens (primary N) is 1. The molecule has 0 aromatic heterocycles. The Labute approximate surface area is 100 Å². The van der Waals surface area contributed by atoms with E-state index < -0.39 is 0 Å². The van der Waals surface area contributed by atoms with E-state index in [1.54, 1.807) is 0 Å². The zero-order chi connectivity index (χ0) is 11.8. The summed E-state index contributed by atoms with van der Waals surface area (Å²) in [6, 6.07) is 9.94. The third-order valence-electron chi connectivity index (χ3n) is 3.75. The van der Waals surface area contributed by atoms with Crippen LogP contribution in [-0.2, 0) is 4.84 Å². The minimum atomic E-state index is -0.0673. The van der Waals surface area contributed by atoms with Crippen LogP contribution in [0.1, 0.15) is 12.0 Å². The van der Waals surface area contributed by atoms with E-state index >= 15 is 0 Å². The molecule has 2 aliphatic rings. The van der Waals surface area contributed by atoms with Crippen molar-refractivity contribution in [3.8, 4) is 0 Å². The molecule has 4 heteroatoms. The fourth-order valence-corrected chi connectivity index (χ4v) is 2.91. The second-order valence-electron chi connectivity index (χ2n) is 4.78. The molecular weight excluding hydrogens is 216 g/mol. The summed E-state index contributed by atoms with van der Waals surface area (Å²) < 4.78 is 0. The second kappa shape index (κ2) is 4.13. The summed E-state index contributed by atoms with van der Waals surface area (Å²) >= 11 is 0. The molecule has 90 valence electrons. The van der Waals surface area contributed by atoms with Crippen molar-refractivity contribution < 1.29 is 9.94 Å². The number of aliphatic hydroxyl groups is 1. The SMILES string of the molecule is N[C@@H]1C[C@H](CO)C2C(c3ccccc3)=NOC21. The fraction of sp³-hybridized carbons (Fsp3) is 0.462. The van der Waals surface area contributed by atoms with Crippen LogP contribution in [0.25, 0.3) is 0 Å². The van der Waals surface area contributed by atoms with Crippen LogP contribution < -0.4 is 5.73 Å². The first-order valence-electron chi connectivity index (χ1n) is 5.97. The number of hydrogen-bond donors (Lipinski definition) is 2. The number of nitrogens with zero attached hydrogens (tertiary/aromatic N) is 1. The highest BCUT2D eigenvalue weighted by atomic mass is 16.6. The van der Waals surface area contributed by atoms with Crippen LogP contribution in [0.15, 0.2) is 35.5 Å². The van der Waals surface area contributed by atoms with Gasteiger partial charge in [0.2, 0.25) is 0 Å². The molecule has 3 N–H and O–H groups in total. The summed E-state index contributed by atoms with van der Waals surface area (Å²) in [5.41, 5.74) is 8.01. The van der Waals surface area contributed by atoms with Crippen LogP contribution in [0.4, 0.5) is 0 Å². The first-order chi connectivity index (χ1) is 8.31. The molecule has 1 aliphatic heterocycles. The maximum atomic E-state index is 9.43. The molecule has 0 saturated heterocycles. The van der Waals surface area contributed by atoms with Crippen LogP contribution >= 0.6 is 0 Å². The summed E-state index contributed by atoms with van der Waals surface area (Å²) in [6.45, 7) is 0.143. The lowest BCUT2D eigenvalue weighted by Gasteiger charge is -2.16. The summed E-state index contributed by atoms with van der Waals surface area (Å²) in [5, 5.41) is 13.6. The molecule has 3 rings (SSSR count). The smallest absolute Gasteiger partial charge is 0.151 e. The van der Waals surface area contributed by atoms with Gasteiger partial charge >= 0.3 is 0 Å². The van der Waals surface area contributed by atoms with E-state index in [1.807, 2.05) is 30.3 Å². The van der Waals surface area contributed by atoms with Gasteiger partial charge in [-0.3, -0.25) is 0 Å². The zero-order valence-corrected chi connectivity index (χ0v) is 9.49. The molecule has 0 amide bonds. The average Bonchev–Trinajstić information content (AvgIpc) is 2.92. The molecule has 1 heterocycles. The third kappa shape index (κ3) is 1.64. The van der Waals surface area contributed by atoms with Gasteiger partial charge in [0.25, 0.3) is 0 Å². The normalized spacial score (nSPS) is 35.3. The van der Waals surface area contributed by atoms with Crippen molar-refractivity contribution in [1.82, 2.24) is 0 Å². The van der Waals surface area contributed by atoms with Crippen molar-refractivity contribution in [2.24, 2.45) is 22.7 Å². The molecule has 1 aliphatic carbocycles. The van der Waals surface area contributed by atoms with Gasteiger partial charge in [0, 0.05) is 12.6 Å². The predicted molar refractivity (Wildman–Crippen MR) is 64.5 cm³/mol. The highest BCUT2D eigenvalue weighted by molar-refractivity contribution is 6.03. The average molecular weight is 232 g/mol. The van der Waals surface area contributed by atoms with E-state index in [1.165, 1.54) is 0 Å². The van der Waals surface area contributed by atoms with Crippen LogP contribution in [0.2, 0.25) is 0 Å². The number of rotatable bonds is 2. The highest BCUT2D eigenvalue weighted by Crippen LogP contribution is 2.39. The van der Waals surface area contributed by atoms with Gasteiger partial charge in [-0.05, 0) is 17.9 Å². The largest absolute Gasteiger partial charge is 0.396 e. The van der Waals surface area contributed by atoms with Crippen molar-refractivity contribution in [1.29, 1.82) is 0 Å². The van der Waals surface area contributed by atoms with E-state index in [-0.39, 0.29) is 30.6 Å².